The quantitative estimate of drug-likeness (QED) is 0.836. The van der Waals surface area contributed by atoms with Gasteiger partial charge in [0.15, 0.2) is 0 Å². The third-order valence-corrected chi connectivity index (χ3v) is 4.50. The van der Waals surface area contributed by atoms with E-state index >= 15 is 0 Å². The summed E-state index contributed by atoms with van der Waals surface area (Å²) < 4.78 is 17.0. The van der Waals surface area contributed by atoms with E-state index in [-0.39, 0.29) is 11.6 Å². The largest absolute Gasteiger partial charge is 0.389 e. The highest BCUT2D eigenvalue weighted by molar-refractivity contribution is 7.84. The van der Waals surface area contributed by atoms with E-state index in [1.54, 1.807) is 6.26 Å². The first-order valence-corrected chi connectivity index (χ1v) is 9.11. The number of ether oxygens (including phenoxy) is 1. The molecule has 0 aliphatic rings. The van der Waals surface area contributed by atoms with Crippen molar-refractivity contribution >= 4 is 10.8 Å². The molecule has 0 aliphatic carbocycles. The Morgan fingerprint density at radius 2 is 1.82 bits per heavy atom. The lowest BCUT2D eigenvalue weighted by Crippen LogP contribution is -2.36. The fourth-order valence-corrected chi connectivity index (χ4v) is 2.60. The Balaban J connectivity index is 2.57. The molecule has 0 fully saturated rings. The van der Waals surface area contributed by atoms with E-state index in [0.29, 0.717) is 13.2 Å². The van der Waals surface area contributed by atoms with Crippen molar-refractivity contribution in [1.82, 2.24) is 4.90 Å². The molecular weight excluding hydrogens is 298 g/mol. The van der Waals surface area contributed by atoms with Crippen LogP contribution in [0.2, 0.25) is 0 Å². The highest BCUT2D eigenvalue weighted by Crippen LogP contribution is 2.20. The lowest BCUT2D eigenvalue weighted by atomic mass is 10.1. The first-order valence-electron chi connectivity index (χ1n) is 7.56. The summed E-state index contributed by atoms with van der Waals surface area (Å²) in [4.78, 5) is 2.92. The van der Waals surface area contributed by atoms with Crippen molar-refractivity contribution in [1.29, 1.82) is 0 Å². The number of aliphatic hydroxyl groups is 1. The average molecular weight is 327 g/mol. The summed E-state index contributed by atoms with van der Waals surface area (Å²) in [5.41, 5.74) is 0.900. The Kier molecular flexibility index (Phi) is 7.19. The van der Waals surface area contributed by atoms with E-state index in [1.165, 1.54) is 0 Å². The summed E-state index contributed by atoms with van der Waals surface area (Å²) in [5, 5.41) is 10.1. The molecule has 1 N–H and O–H groups in total. The van der Waals surface area contributed by atoms with Crippen molar-refractivity contribution in [3.63, 3.8) is 0 Å². The van der Waals surface area contributed by atoms with Crippen LogP contribution >= 0.6 is 0 Å². The second-order valence-electron chi connectivity index (χ2n) is 6.72. The minimum atomic E-state index is -0.952. The van der Waals surface area contributed by atoms with Crippen LogP contribution in [0, 0.1) is 0 Å². The van der Waals surface area contributed by atoms with Gasteiger partial charge < -0.3 is 9.84 Å². The Labute approximate surface area is 136 Å². The van der Waals surface area contributed by atoms with Gasteiger partial charge in [0.25, 0.3) is 0 Å². The van der Waals surface area contributed by atoms with E-state index < -0.39 is 16.9 Å². The van der Waals surface area contributed by atoms with Crippen LogP contribution in [0.3, 0.4) is 0 Å². The van der Waals surface area contributed by atoms with E-state index in [9.17, 15) is 9.32 Å². The monoisotopic (exact) mass is 327 g/mol. The van der Waals surface area contributed by atoms with Crippen LogP contribution in [0.1, 0.15) is 39.3 Å². The molecule has 3 atom stereocenters. The smallest absolute Gasteiger partial charge is 0.0900 e. The van der Waals surface area contributed by atoms with Crippen LogP contribution in [-0.4, -0.2) is 52.4 Å². The molecule has 1 aromatic rings. The number of benzene rings is 1. The first-order chi connectivity index (χ1) is 10.1. The van der Waals surface area contributed by atoms with Crippen molar-refractivity contribution in [2.75, 3.05) is 26.5 Å². The number of likely N-dealkylation sites (N-methyl/N-ethyl adjacent to an activating group) is 1. The molecule has 4 nitrogen and oxygen atoms in total. The summed E-state index contributed by atoms with van der Waals surface area (Å²) in [6.07, 6.45) is 1.16. The molecule has 0 amide bonds. The Morgan fingerprint density at radius 1 is 1.27 bits per heavy atom. The molecule has 5 heteroatoms. The molecule has 0 aliphatic heterocycles. The standard InChI is InChI=1S/C17H29NO3S/c1-13(14-7-9-16(10-8-14)22(6)20)18(5)11-15(19)12-21-17(2,3)4/h7-10,13,15,19H,11-12H2,1-6H3. The highest BCUT2D eigenvalue weighted by atomic mass is 32.2. The molecule has 0 heterocycles. The van der Waals surface area contributed by atoms with Gasteiger partial charge in [-0.3, -0.25) is 9.11 Å². The van der Waals surface area contributed by atoms with Crippen LogP contribution in [0.15, 0.2) is 29.2 Å². The zero-order valence-corrected chi connectivity index (χ0v) is 15.3. The van der Waals surface area contributed by atoms with Crippen LogP contribution in [0.4, 0.5) is 0 Å². The lowest BCUT2D eigenvalue weighted by molar-refractivity contribution is -0.0566. The number of aliphatic hydroxyl groups excluding tert-OH is 1. The molecule has 0 spiro atoms. The van der Waals surface area contributed by atoms with Gasteiger partial charge in [0.05, 0.1) is 18.3 Å². The summed E-state index contributed by atoms with van der Waals surface area (Å²) in [6, 6.07) is 7.96. The second kappa shape index (κ2) is 8.20. The van der Waals surface area contributed by atoms with Gasteiger partial charge in [-0.15, -0.1) is 0 Å². The first kappa shape index (κ1) is 19.3. The fourth-order valence-electron chi connectivity index (χ4n) is 2.08. The number of rotatable bonds is 7. The van der Waals surface area contributed by atoms with Gasteiger partial charge in [0.1, 0.15) is 0 Å². The predicted octanol–water partition coefficient (Wildman–Crippen LogP) is 2.59. The number of nitrogens with zero attached hydrogens (tertiary/aromatic N) is 1. The third-order valence-electron chi connectivity index (χ3n) is 3.56. The Morgan fingerprint density at radius 3 is 2.27 bits per heavy atom. The van der Waals surface area contributed by atoms with Crippen LogP contribution in [-0.2, 0) is 15.5 Å². The van der Waals surface area contributed by atoms with Crippen molar-refractivity contribution in [2.24, 2.45) is 0 Å². The maximum Gasteiger partial charge on any atom is 0.0900 e. The van der Waals surface area contributed by atoms with E-state index in [1.807, 2.05) is 52.1 Å². The highest BCUT2D eigenvalue weighted by Gasteiger charge is 2.18. The Bertz CT molecular complexity index is 482. The van der Waals surface area contributed by atoms with Crippen LogP contribution < -0.4 is 0 Å². The van der Waals surface area contributed by atoms with Crippen molar-refractivity contribution in [3.05, 3.63) is 29.8 Å². The minimum Gasteiger partial charge on any atom is -0.389 e. The lowest BCUT2D eigenvalue weighted by Gasteiger charge is -2.29. The summed E-state index contributed by atoms with van der Waals surface area (Å²) in [7, 11) is 1.03. The van der Waals surface area contributed by atoms with Gasteiger partial charge in [-0.05, 0) is 52.4 Å². The molecule has 0 bridgehead atoms. The van der Waals surface area contributed by atoms with Crippen molar-refractivity contribution in [2.45, 2.75) is 50.3 Å². The third kappa shape index (κ3) is 6.57. The van der Waals surface area contributed by atoms with E-state index in [0.717, 1.165) is 10.5 Å². The topological polar surface area (TPSA) is 49.8 Å². The van der Waals surface area contributed by atoms with E-state index in [2.05, 4.69) is 11.8 Å². The molecule has 1 aromatic carbocycles. The zero-order valence-electron chi connectivity index (χ0n) is 14.5. The average Bonchev–Trinajstić information content (AvgIpc) is 2.43. The van der Waals surface area contributed by atoms with Crippen molar-refractivity contribution < 1.29 is 14.1 Å². The molecular formula is C17H29NO3S. The molecule has 126 valence electrons. The zero-order chi connectivity index (χ0) is 16.9. The summed E-state index contributed by atoms with van der Waals surface area (Å²) in [5.74, 6) is 0. The van der Waals surface area contributed by atoms with Gasteiger partial charge >= 0.3 is 0 Å². The van der Waals surface area contributed by atoms with Crippen LogP contribution in [0.5, 0.6) is 0 Å². The second-order valence-corrected chi connectivity index (χ2v) is 8.10. The maximum atomic E-state index is 11.4. The van der Waals surface area contributed by atoms with Gasteiger partial charge in [0, 0.05) is 34.5 Å². The van der Waals surface area contributed by atoms with Gasteiger partial charge in [-0.1, -0.05) is 12.1 Å². The van der Waals surface area contributed by atoms with E-state index in [4.69, 9.17) is 4.74 Å². The molecule has 22 heavy (non-hydrogen) atoms. The SMILES string of the molecule is CC(c1ccc(S(C)=O)cc1)N(C)CC(O)COC(C)(C)C. The van der Waals surface area contributed by atoms with Gasteiger partial charge in [0.2, 0.25) is 0 Å². The summed E-state index contributed by atoms with van der Waals surface area (Å²) in [6.45, 7) is 8.89. The molecule has 1 rings (SSSR count). The summed E-state index contributed by atoms with van der Waals surface area (Å²) >= 11 is 0. The number of hydrogen-bond donors (Lipinski definition) is 1. The maximum absolute atomic E-state index is 11.4. The van der Waals surface area contributed by atoms with Gasteiger partial charge in [-0.2, -0.15) is 0 Å². The molecule has 0 saturated carbocycles. The molecule has 0 saturated heterocycles. The normalized spacial score (nSPS) is 16.5. The Hall–Kier alpha value is -0.750. The molecule has 3 unspecified atom stereocenters. The fraction of sp³-hybridized carbons (Fsp3) is 0.647. The van der Waals surface area contributed by atoms with Crippen LogP contribution in [0.25, 0.3) is 0 Å². The molecule has 0 radical (unpaired) electrons. The van der Waals surface area contributed by atoms with Gasteiger partial charge in [-0.25, -0.2) is 0 Å². The molecule has 0 aromatic heterocycles. The number of hydrogen-bond acceptors (Lipinski definition) is 4. The minimum absolute atomic E-state index is 0.170. The predicted molar refractivity (Wildman–Crippen MR) is 91.5 cm³/mol. The van der Waals surface area contributed by atoms with Crippen molar-refractivity contribution in [3.8, 4) is 0 Å².